The van der Waals surface area contributed by atoms with Crippen LogP contribution >= 0.6 is 11.3 Å². The summed E-state index contributed by atoms with van der Waals surface area (Å²) in [5.74, 6) is -0.301. The van der Waals surface area contributed by atoms with E-state index in [2.05, 4.69) is 15.0 Å². The summed E-state index contributed by atoms with van der Waals surface area (Å²) in [4.78, 5) is 28.4. The van der Waals surface area contributed by atoms with Crippen molar-refractivity contribution in [3.63, 3.8) is 0 Å². The Morgan fingerprint density at radius 3 is 2.85 bits per heavy atom. The van der Waals surface area contributed by atoms with Gasteiger partial charge in [0.25, 0.3) is 5.91 Å². The number of ether oxygens (including phenoxy) is 1. The summed E-state index contributed by atoms with van der Waals surface area (Å²) in [5.41, 5.74) is 0.289. The molecule has 2 aromatic heterocycles. The third kappa shape index (κ3) is 2.88. The van der Waals surface area contributed by atoms with Gasteiger partial charge in [0.2, 0.25) is 0 Å². The van der Waals surface area contributed by atoms with Crippen LogP contribution < -0.4 is 5.32 Å². The number of nitrogens with zero attached hydrogens (tertiary/aromatic N) is 1. The van der Waals surface area contributed by atoms with Crippen LogP contribution in [0.5, 0.6) is 0 Å². The molecule has 0 spiro atoms. The maximum absolute atomic E-state index is 12.1. The molecule has 2 rings (SSSR count). The molecule has 0 fully saturated rings. The minimum atomic E-state index is -0.722. The Morgan fingerprint density at radius 1 is 1.50 bits per heavy atom. The summed E-state index contributed by atoms with van der Waals surface area (Å²) in [7, 11) is 1.27. The van der Waals surface area contributed by atoms with Crippen LogP contribution in [0.2, 0.25) is 0 Å². The van der Waals surface area contributed by atoms with Crippen molar-refractivity contribution in [2.75, 3.05) is 7.11 Å². The summed E-state index contributed by atoms with van der Waals surface area (Å²) >= 11 is 1.36. The summed E-state index contributed by atoms with van der Waals surface area (Å²) in [5, 5.41) is 3.17. The first-order chi connectivity index (χ1) is 9.52. The zero-order valence-corrected chi connectivity index (χ0v) is 12.1. The number of hydrogen-bond acceptors (Lipinski definition) is 6. The Labute approximate surface area is 119 Å². The Bertz CT molecular complexity index is 618. The van der Waals surface area contributed by atoms with E-state index in [4.69, 9.17) is 4.42 Å². The van der Waals surface area contributed by atoms with Crippen molar-refractivity contribution in [3.05, 3.63) is 29.0 Å². The topological polar surface area (TPSA) is 81.4 Å². The summed E-state index contributed by atoms with van der Waals surface area (Å²) in [6.07, 6.45) is 1.55. The van der Waals surface area contributed by atoms with E-state index in [1.54, 1.807) is 32.2 Å². The molecule has 0 radical (unpaired) electrons. The highest BCUT2D eigenvalue weighted by molar-refractivity contribution is 7.15. The SMILES string of the molecule is COC(=O)C(C)NC(=O)c1nc(-c2ccco2)sc1C. The molecule has 1 unspecified atom stereocenters. The molecule has 2 aromatic rings. The molecule has 6 nitrogen and oxygen atoms in total. The fraction of sp³-hybridized carbons (Fsp3) is 0.308. The van der Waals surface area contributed by atoms with E-state index in [0.29, 0.717) is 10.8 Å². The van der Waals surface area contributed by atoms with Gasteiger partial charge in [-0.3, -0.25) is 4.79 Å². The number of thiazole rings is 1. The average Bonchev–Trinajstić information content (AvgIpc) is 3.06. The van der Waals surface area contributed by atoms with Gasteiger partial charge in [-0.05, 0) is 26.0 Å². The van der Waals surface area contributed by atoms with Crippen LogP contribution in [-0.2, 0) is 9.53 Å². The number of aryl methyl sites for hydroxylation is 1. The lowest BCUT2D eigenvalue weighted by atomic mass is 10.3. The van der Waals surface area contributed by atoms with E-state index in [1.807, 2.05) is 0 Å². The van der Waals surface area contributed by atoms with Crippen molar-refractivity contribution in [1.29, 1.82) is 0 Å². The lowest BCUT2D eigenvalue weighted by Crippen LogP contribution is -2.39. The van der Waals surface area contributed by atoms with Crippen LogP contribution in [-0.4, -0.2) is 30.0 Å². The number of amides is 1. The molecule has 7 heteroatoms. The molecule has 0 bridgehead atoms. The summed E-state index contributed by atoms with van der Waals surface area (Å²) in [6.45, 7) is 3.35. The predicted octanol–water partition coefficient (Wildman–Crippen LogP) is 2.00. The molecule has 0 aliphatic rings. The number of carbonyl (C=O) groups excluding carboxylic acids is 2. The quantitative estimate of drug-likeness (QED) is 0.872. The number of aromatic nitrogens is 1. The van der Waals surface area contributed by atoms with Gasteiger partial charge in [-0.15, -0.1) is 11.3 Å². The minimum absolute atomic E-state index is 0.289. The van der Waals surface area contributed by atoms with Gasteiger partial charge in [-0.25, -0.2) is 9.78 Å². The molecular formula is C13H14N2O4S. The molecule has 1 N–H and O–H groups in total. The first kappa shape index (κ1) is 14.3. The first-order valence-corrected chi connectivity index (χ1v) is 6.74. The number of rotatable bonds is 4. The highest BCUT2D eigenvalue weighted by Crippen LogP contribution is 2.27. The Kier molecular flexibility index (Phi) is 4.19. The molecule has 0 aromatic carbocycles. The minimum Gasteiger partial charge on any atom is -0.467 e. The molecule has 1 atom stereocenters. The predicted molar refractivity (Wildman–Crippen MR) is 73.5 cm³/mol. The molecular weight excluding hydrogens is 280 g/mol. The lowest BCUT2D eigenvalue weighted by Gasteiger charge is -2.10. The molecule has 0 saturated heterocycles. The van der Waals surface area contributed by atoms with E-state index in [9.17, 15) is 9.59 Å². The van der Waals surface area contributed by atoms with Gasteiger partial charge < -0.3 is 14.5 Å². The van der Waals surface area contributed by atoms with Crippen molar-refractivity contribution in [3.8, 4) is 10.8 Å². The maximum Gasteiger partial charge on any atom is 0.328 e. The Hall–Kier alpha value is -2.15. The highest BCUT2D eigenvalue weighted by atomic mass is 32.1. The second kappa shape index (κ2) is 5.87. The van der Waals surface area contributed by atoms with E-state index >= 15 is 0 Å². The Morgan fingerprint density at radius 2 is 2.25 bits per heavy atom. The van der Waals surface area contributed by atoms with Crippen molar-refractivity contribution >= 4 is 23.2 Å². The number of furan rings is 1. The van der Waals surface area contributed by atoms with Crippen molar-refractivity contribution < 1.29 is 18.7 Å². The lowest BCUT2D eigenvalue weighted by molar-refractivity contribution is -0.142. The molecule has 2 heterocycles. The van der Waals surface area contributed by atoms with Crippen molar-refractivity contribution in [2.24, 2.45) is 0 Å². The van der Waals surface area contributed by atoms with Gasteiger partial charge >= 0.3 is 5.97 Å². The van der Waals surface area contributed by atoms with E-state index < -0.39 is 17.9 Å². The van der Waals surface area contributed by atoms with Crippen LogP contribution in [0.4, 0.5) is 0 Å². The molecule has 0 aliphatic carbocycles. The van der Waals surface area contributed by atoms with Gasteiger partial charge in [0.1, 0.15) is 11.7 Å². The molecule has 0 aliphatic heterocycles. The molecule has 20 heavy (non-hydrogen) atoms. The normalized spacial score (nSPS) is 11.9. The van der Waals surface area contributed by atoms with Crippen molar-refractivity contribution in [2.45, 2.75) is 19.9 Å². The average molecular weight is 294 g/mol. The summed E-state index contributed by atoms with van der Waals surface area (Å²) in [6, 6.07) is 2.81. The fourth-order valence-electron chi connectivity index (χ4n) is 1.61. The smallest absolute Gasteiger partial charge is 0.328 e. The van der Waals surface area contributed by atoms with E-state index in [1.165, 1.54) is 18.4 Å². The second-order valence-corrected chi connectivity index (χ2v) is 5.32. The van der Waals surface area contributed by atoms with Crippen LogP contribution in [0.25, 0.3) is 10.8 Å². The summed E-state index contributed by atoms with van der Waals surface area (Å²) < 4.78 is 9.80. The van der Waals surface area contributed by atoms with Gasteiger partial charge in [0.15, 0.2) is 10.8 Å². The van der Waals surface area contributed by atoms with Crippen LogP contribution in [0.3, 0.4) is 0 Å². The maximum atomic E-state index is 12.1. The fourth-order valence-corrected chi connectivity index (χ4v) is 2.49. The standard InChI is InChI=1S/C13H14N2O4S/c1-7(13(17)18-3)14-11(16)10-8(2)20-12(15-10)9-5-4-6-19-9/h4-7H,1-3H3,(H,14,16). The number of nitrogens with one attached hydrogen (secondary N) is 1. The molecule has 1 amide bonds. The molecule has 0 saturated carbocycles. The third-order valence-electron chi connectivity index (χ3n) is 2.65. The largest absolute Gasteiger partial charge is 0.467 e. The van der Waals surface area contributed by atoms with Gasteiger partial charge in [-0.2, -0.15) is 0 Å². The number of esters is 1. The van der Waals surface area contributed by atoms with Crippen molar-refractivity contribution in [1.82, 2.24) is 10.3 Å². The Balaban J connectivity index is 2.17. The zero-order chi connectivity index (χ0) is 14.7. The monoisotopic (exact) mass is 294 g/mol. The third-order valence-corrected chi connectivity index (χ3v) is 3.63. The van der Waals surface area contributed by atoms with Gasteiger partial charge in [0.05, 0.1) is 13.4 Å². The van der Waals surface area contributed by atoms with Crippen LogP contribution in [0.15, 0.2) is 22.8 Å². The van der Waals surface area contributed by atoms with E-state index in [0.717, 1.165) is 4.88 Å². The second-order valence-electron chi connectivity index (χ2n) is 4.12. The highest BCUT2D eigenvalue weighted by Gasteiger charge is 2.21. The van der Waals surface area contributed by atoms with Gasteiger partial charge in [-0.1, -0.05) is 0 Å². The first-order valence-electron chi connectivity index (χ1n) is 5.93. The van der Waals surface area contributed by atoms with Crippen LogP contribution in [0, 0.1) is 6.92 Å². The number of carbonyl (C=O) groups is 2. The number of hydrogen-bond donors (Lipinski definition) is 1. The van der Waals surface area contributed by atoms with E-state index in [-0.39, 0.29) is 5.69 Å². The number of methoxy groups -OCH3 is 1. The van der Waals surface area contributed by atoms with Crippen LogP contribution in [0.1, 0.15) is 22.3 Å². The molecule has 106 valence electrons. The zero-order valence-electron chi connectivity index (χ0n) is 11.3. The van der Waals surface area contributed by atoms with Gasteiger partial charge in [0, 0.05) is 4.88 Å².